The Labute approximate surface area is 136 Å². The van der Waals surface area contributed by atoms with Gasteiger partial charge in [-0.15, -0.1) is 0 Å². The molecule has 5 nitrogen and oxygen atoms in total. The van der Waals surface area contributed by atoms with Gasteiger partial charge in [0, 0.05) is 6.54 Å². The molecule has 0 aromatic heterocycles. The zero-order valence-corrected chi connectivity index (χ0v) is 13.3. The number of ether oxygens (including phenoxy) is 2. The van der Waals surface area contributed by atoms with E-state index in [1.165, 1.54) is 0 Å². The van der Waals surface area contributed by atoms with E-state index in [-0.39, 0.29) is 17.9 Å². The molecule has 1 aliphatic heterocycles. The number of esters is 1. The molecule has 0 amide bonds. The van der Waals surface area contributed by atoms with Gasteiger partial charge in [-0.3, -0.25) is 4.79 Å². The highest BCUT2D eigenvalue weighted by Crippen LogP contribution is 2.70. The normalized spacial score (nSPS) is 33.5. The molecule has 23 heavy (non-hydrogen) atoms. The summed E-state index contributed by atoms with van der Waals surface area (Å²) in [5.41, 5.74) is 1.42. The Hall–Kier alpha value is -1.59. The molecule has 1 spiro atoms. The lowest BCUT2D eigenvalue weighted by Crippen LogP contribution is -2.39. The highest BCUT2D eigenvalue weighted by atomic mass is 16.6. The van der Waals surface area contributed by atoms with Gasteiger partial charge in [-0.2, -0.15) is 0 Å². The van der Waals surface area contributed by atoms with Crippen molar-refractivity contribution in [2.45, 2.75) is 43.9 Å². The van der Waals surface area contributed by atoms with E-state index in [2.05, 4.69) is 5.32 Å². The van der Waals surface area contributed by atoms with Crippen LogP contribution in [0.2, 0.25) is 0 Å². The topological polar surface area (TPSA) is 67.8 Å². The second-order valence-corrected chi connectivity index (χ2v) is 7.15. The smallest absolute Gasteiger partial charge is 0.309 e. The van der Waals surface area contributed by atoms with Crippen LogP contribution in [0.5, 0.6) is 5.75 Å². The minimum absolute atomic E-state index is 0.0451. The van der Waals surface area contributed by atoms with Crippen LogP contribution in [0.25, 0.3) is 0 Å². The molecule has 3 aliphatic rings. The van der Waals surface area contributed by atoms with E-state index in [1.807, 2.05) is 24.3 Å². The number of nitrogens with one attached hydrogen (secondary N) is 1. The summed E-state index contributed by atoms with van der Waals surface area (Å²) < 4.78 is 10.8. The van der Waals surface area contributed by atoms with Gasteiger partial charge in [-0.05, 0) is 48.8 Å². The van der Waals surface area contributed by atoms with Gasteiger partial charge >= 0.3 is 5.97 Å². The SMILES string of the molecule is COc1ccc(C[C@H]2NC[C@H](O)[C@H]2OC(=O)C2CC23CC3)cc1. The van der Waals surface area contributed by atoms with Gasteiger partial charge in [0.2, 0.25) is 0 Å². The summed E-state index contributed by atoms with van der Waals surface area (Å²) in [6.45, 7) is 0.467. The van der Waals surface area contributed by atoms with E-state index in [9.17, 15) is 9.90 Å². The number of aliphatic hydroxyl groups excluding tert-OH is 1. The van der Waals surface area contributed by atoms with Crippen LogP contribution in [0, 0.1) is 11.3 Å². The molecule has 5 heteroatoms. The molecule has 4 atom stereocenters. The summed E-state index contributed by atoms with van der Waals surface area (Å²) in [6, 6.07) is 7.80. The maximum absolute atomic E-state index is 12.3. The summed E-state index contributed by atoms with van der Waals surface area (Å²) in [7, 11) is 1.64. The van der Waals surface area contributed by atoms with Crippen molar-refractivity contribution in [3.05, 3.63) is 29.8 Å². The van der Waals surface area contributed by atoms with Gasteiger partial charge in [0.25, 0.3) is 0 Å². The third-order valence-electron chi connectivity index (χ3n) is 5.60. The first kappa shape index (κ1) is 15.0. The molecule has 0 bridgehead atoms. The molecule has 1 aromatic carbocycles. The van der Waals surface area contributed by atoms with Crippen LogP contribution in [0.15, 0.2) is 24.3 Å². The number of aliphatic hydroxyl groups is 1. The molecular weight excluding hydrogens is 294 g/mol. The number of carbonyl (C=O) groups excluding carboxylic acids is 1. The zero-order valence-electron chi connectivity index (χ0n) is 13.3. The van der Waals surface area contributed by atoms with Crippen LogP contribution >= 0.6 is 0 Å². The largest absolute Gasteiger partial charge is 0.497 e. The average molecular weight is 317 g/mol. The predicted octanol–water partition coefficient (Wildman–Crippen LogP) is 1.28. The number of carbonyl (C=O) groups is 1. The maximum Gasteiger partial charge on any atom is 0.309 e. The van der Waals surface area contributed by atoms with Gasteiger partial charge in [-0.1, -0.05) is 12.1 Å². The molecule has 2 N–H and O–H groups in total. The number of β-amino-alcohol motifs (C(OH)–C–C–N with tert-alkyl or cyclic N) is 1. The Morgan fingerprint density at radius 3 is 2.70 bits per heavy atom. The first-order chi connectivity index (χ1) is 11.1. The molecule has 1 saturated heterocycles. The lowest BCUT2D eigenvalue weighted by atomic mass is 10.0. The molecule has 1 unspecified atom stereocenters. The van der Waals surface area contributed by atoms with Crippen molar-refractivity contribution in [1.29, 1.82) is 0 Å². The number of methoxy groups -OCH3 is 1. The lowest BCUT2D eigenvalue weighted by molar-refractivity contribution is -0.156. The van der Waals surface area contributed by atoms with Crippen LogP contribution in [0.1, 0.15) is 24.8 Å². The van der Waals surface area contributed by atoms with Crippen LogP contribution in [-0.4, -0.2) is 43.0 Å². The second-order valence-electron chi connectivity index (χ2n) is 7.15. The van der Waals surface area contributed by atoms with Crippen molar-refractivity contribution in [3.8, 4) is 5.75 Å². The number of benzene rings is 1. The monoisotopic (exact) mass is 317 g/mol. The Balaban J connectivity index is 1.39. The number of rotatable bonds is 5. The standard InChI is InChI=1S/C18H23NO4/c1-22-12-4-2-11(3-5-12)8-14-16(15(20)10-19-14)23-17(21)13-9-18(13)6-7-18/h2-5,13-16,19-20H,6-10H2,1H3/t13?,14-,15+,16+/m1/s1. The van der Waals surface area contributed by atoms with Crippen molar-refractivity contribution < 1.29 is 19.4 Å². The summed E-state index contributed by atoms with van der Waals surface area (Å²) in [4.78, 5) is 12.3. The Kier molecular flexibility index (Phi) is 3.58. The maximum atomic E-state index is 12.3. The molecule has 4 rings (SSSR count). The predicted molar refractivity (Wildman–Crippen MR) is 84.1 cm³/mol. The summed E-state index contributed by atoms with van der Waals surface area (Å²) in [5.74, 6) is 0.784. The van der Waals surface area contributed by atoms with Crippen molar-refractivity contribution in [3.63, 3.8) is 0 Å². The molecule has 3 fully saturated rings. The average Bonchev–Trinajstić information content (AvgIpc) is 3.47. The van der Waals surface area contributed by atoms with E-state index in [4.69, 9.17) is 9.47 Å². The van der Waals surface area contributed by atoms with Crippen molar-refractivity contribution in [1.82, 2.24) is 5.32 Å². The van der Waals surface area contributed by atoms with E-state index in [0.29, 0.717) is 12.0 Å². The molecule has 2 aliphatic carbocycles. The highest BCUT2D eigenvalue weighted by molar-refractivity contribution is 5.78. The van der Waals surface area contributed by atoms with E-state index < -0.39 is 12.2 Å². The van der Waals surface area contributed by atoms with Crippen molar-refractivity contribution >= 4 is 5.97 Å². The van der Waals surface area contributed by atoms with E-state index in [1.54, 1.807) is 7.11 Å². The third-order valence-corrected chi connectivity index (χ3v) is 5.60. The first-order valence-electron chi connectivity index (χ1n) is 8.36. The van der Waals surface area contributed by atoms with Crippen LogP contribution < -0.4 is 10.1 Å². The molecular formula is C18H23NO4. The number of hydrogen-bond acceptors (Lipinski definition) is 5. The summed E-state index contributed by atoms with van der Waals surface area (Å²) in [6.07, 6.45) is 2.93. The second kappa shape index (κ2) is 5.49. The lowest BCUT2D eigenvalue weighted by Gasteiger charge is -2.22. The molecule has 124 valence electrons. The van der Waals surface area contributed by atoms with Crippen molar-refractivity contribution in [2.75, 3.05) is 13.7 Å². The van der Waals surface area contributed by atoms with Gasteiger partial charge in [0.05, 0.1) is 19.1 Å². The fraction of sp³-hybridized carbons (Fsp3) is 0.611. The van der Waals surface area contributed by atoms with Crippen LogP contribution in [0.3, 0.4) is 0 Å². The molecule has 1 aromatic rings. The molecule has 0 radical (unpaired) electrons. The van der Waals surface area contributed by atoms with E-state index in [0.717, 1.165) is 37.0 Å². The Morgan fingerprint density at radius 2 is 2.09 bits per heavy atom. The summed E-state index contributed by atoms with van der Waals surface area (Å²) >= 11 is 0. The zero-order chi connectivity index (χ0) is 16.0. The minimum Gasteiger partial charge on any atom is -0.497 e. The van der Waals surface area contributed by atoms with Gasteiger partial charge in [-0.25, -0.2) is 0 Å². The fourth-order valence-corrected chi connectivity index (χ4v) is 3.75. The third kappa shape index (κ3) is 2.83. The Morgan fingerprint density at radius 1 is 1.35 bits per heavy atom. The Bertz CT molecular complexity index is 596. The van der Waals surface area contributed by atoms with Crippen LogP contribution in [-0.2, 0) is 16.0 Å². The van der Waals surface area contributed by atoms with Crippen LogP contribution in [0.4, 0.5) is 0 Å². The van der Waals surface area contributed by atoms with Crippen molar-refractivity contribution in [2.24, 2.45) is 11.3 Å². The molecule has 1 heterocycles. The number of hydrogen-bond donors (Lipinski definition) is 2. The molecule has 2 saturated carbocycles. The van der Waals surface area contributed by atoms with Gasteiger partial charge in [0.1, 0.15) is 18.0 Å². The first-order valence-corrected chi connectivity index (χ1v) is 8.36. The minimum atomic E-state index is -0.629. The highest BCUT2D eigenvalue weighted by Gasteiger charge is 2.67. The quantitative estimate of drug-likeness (QED) is 0.801. The fourth-order valence-electron chi connectivity index (χ4n) is 3.75. The summed E-state index contributed by atoms with van der Waals surface area (Å²) in [5, 5.41) is 13.4. The van der Waals surface area contributed by atoms with E-state index >= 15 is 0 Å². The van der Waals surface area contributed by atoms with Gasteiger partial charge < -0.3 is 19.9 Å². The van der Waals surface area contributed by atoms with Gasteiger partial charge in [0.15, 0.2) is 0 Å².